The van der Waals surface area contributed by atoms with Gasteiger partial charge in [-0.15, -0.1) is 0 Å². The third-order valence-corrected chi connectivity index (χ3v) is 2.84. The second-order valence-electron chi connectivity index (χ2n) is 4.21. The van der Waals surface area contributed by atoms with Gasteiger partial charge in [-0.1, -0.05) is 41.9 Å². The molecule has 21 heavy (non-hydrogen) atoms. The Balaban J connectivity index is 1.77. The third-order valence-electron chi connectivity index (χ3n) is 2.63. The first-order chi connectivity index (χ1) is 10.1. The Bertz CT molecular complexity index is 632. The van der Waals surface area contributed by atoms with E-state index in [1.807, 2.05) is 30.3 Å². The number of pyridine rings is 1. The number of amides is 1. The maximum Gasteiger partial charge on any atom is 0.338 e. The van der Waals surface area contributed by atoms with Crippen LogP contribution in [0, 0.1) is 0 Å². The van der Waals surface area contributed by atoms with Crippen LogP contribution in [-0.2, 0) is 16.1 Å². The van der Waals surface area contributed by atoms with Gasteiger partial charge < -0.3 is 10.1 Å². The average Bonchev–Trinajstić information content (AvgIpc) is 2.51. The number of benzene rings is 1. The molecule has 5 nitrogen and oxygen atoms in total. The molecule has 0 spiro atoms. The highest BCUT2D eigenvalue weighted by molar-refractivity contribution is 6.29. The molecule has 0 aliphatic carbocycles. The number of nitrogens with zero attached hydrogens (tertiary/aromatic N) is 1. The number of carbonyl (C=O) groups is 2. The second-order valence-corrected chi connectivity index (χ2v) is 4.59. The van der Waals surface area contributed by atoms with Crippen molar-refractivity contribution >= 4 is 23.5 Å². The monoisotopic (exact) mass is 304 g/mol. The zero-order valence-electron chi connectivity index (χ0n) is 11.1. The lowest BCUT2D eigenvalue weighted by Gasteiger charge is -2.06. The van der Waals surface area contributed by atoms with Crippen LogP contribution in [0.5, 0.6) is 0 Å². The zero-order chi connectivity index (χ0) is 15.1. The van der Waals surface area contributed by atoms with Gasteiger partial charge in [-0.25, -0.2) is 9.78 Å². The van der Waals surface area contributed by atoms with Gasteiger partial charge in [-0.05, 0) is 17.7 Å². The highest BCUT2D eigenvalue weighted by Gasteiger charge is 2.10. The van der Waals surface area contributed by atoms with E-state index in [1.54, 1.807) is 0 Å². The molecule has 2 rings (SSSR count). The smallest absolute Gasteiger partial charge is 0.338 e. The van der Waals surface area contributed by atoms with Crippen molar-refractivity contribution in [3.63, 3.8) is 0 Å². The normalized spacial score (nSPS) is 9.95. The van der Waals surface area contributed by atoms with Crippen LogP contribution < -0.4 is 5.32 Å². The number of hydrogen-bond acceptors (Lipinski definition) is 4. The van der Waals surface area contributed by atoms with E-state index in [2.05, 4.69) is 10.3 Å². The van der Waals surface area contributed by atoms with E-state index in [4.69, 9.17) is 16.3 Å². The van der Waals surface area contributed by atoms with E-state index < -0.39 is 5.97 Å². The van der Waals surface area contributed by atoms with Gasteiger partial charge >= 0.3 is 5.97 Å². The summed E-state index contributed by atoms with van der Waals surface area (Å²) in [6, 6.07) is 12.3. The first-order valence-electron chi connectivity index (χ1n) is 6.24. The topological polar surface area (TPSA) is 68.3 Å². The number of esters is 1. The highest BCUT2D eigenvalue weighted by atomic mass is 35.5. The molecule has 1 aromatic heterocycles. The molecule has 0 radical (unpaired) electrons. The van der Waals surface area contributed by atoms with Gasteiger partial charge in [0.05, 0.1) is 5.56 Å². The lowest BCUT2D eigenvalue weighted by Crippen LogP contribution is -2.28. The van der Waals surface area contributed by atoms with Crippen LogP contribution in [0.4, 0.5) is 0 Å². The summed E-state index contributed by atoms with van der Waals surface area (Å²) in [6.07, 6.45) is 1.40. The van der Waals surface area contributed by atoms with Gasteiger partial charge in [0.15, 0.2) is 6.61 Å². The maximum atomic E-state index is 11.7. The largest absolute Gasteiger partial charge is 0.452 e. The number of ether oxygens (including phenoxy) is 1. The first kappa shape index (κ1) is 15.0. The fourth-order valence-corrected chi connectivity index (χ4v) is 1.77. The molecule has 1 N–H and O–H groups in total. The zero-order valence-corrected chi connectivity index (χ0v) is 11.8. The van der Waals surface area contributed by atoms with E-state index in [9.17, 15) is 9.59 Å². The molecule has 2 aromatic rings. The van der Waals surface area contributed by atoms with Gasteiger partial charge in [-0.3, -0.25) is 4.79 Å². The first-order valence-corrected chi connectivity index (χ1v) is 6.62. The van der Waals surface area contributed by atoms with Crippen LogP contribution in [0.25, 0.3) is 0 Å². The number of hydrogen-bond donors (Lipinski definition) is 1. The van der Waals surface area contributed by atoms with E-state index in [0.717, 1.165) is 5.56 Å². The van der Waals surface area contributed by atoms with Gasteiger partial charge in [0, 0.05) is 12.7 Å². The van der Waals surface area contributed by atoms with Crippen LogP contribution >= 0.6 is 11.6 Å². The summed E-state index contributed by atoms with van der Waals surface area (Å²) in [5, 5.41) is 2.86. The average molecular weight is 305 g/mol. The standard InChI is InChI=1S/C15H13ClN2O3/c16-13-8-12(6-7-17-13)15(20)21-10-14(19)18-9-11-4-2-1-3-5-11/h1-8H,9-10H2,(H,18,19). The van der Waals surface area contributed by atoms with Crippen LogP contribution in [0.1, 0.15) is 15.9 Å². The van der Waals surface area contributed by atoms with Crippen LogP contribution in [0.3, 0.4) is 0 Å². The third kappa shape index (κ3) is 4.89. The van der Waals surface area contributed by atoms with Crippen molar-refractivity contribution in [2.45, 2.75) is 6.54 Å². The summed E-state index contributed by atoms with van der Waals surface area (Å²) in [5.74, 6) is -0.985. The van der Waals surface area contributed by atoms with Gasteiger partial charge in [-0.2, -0.15) is 0 Å². The molecule has 1 aromatic carbocycles. The summed E-state index contributed by atoms with van der Waals surface area (Å²) in [5.41, 5.74) is 1.23. The molecule has 6 heteroatoms. The van der Waals surface area contributed by atoms with E-state index in [-0.39, 0.29) is 23.2 Å². The van der Waals surface area contributed by atoms with Gasteiger partial charge in [0.25, 0.3) is 5.91 Å². The summed E-state index contributed by atoms with van der Waals surface area (Å²) in [7, 11) is 0. The number of halogens is 1. The SMILES string of the molecule is O=C(COC(=O)c1ccnc(Cl)c1)NCc1ccccc1. The maximum absolute atomic E-state index is 11.7. The van der Waals surface area contributed by atoms with Crippen molar-refractivity contribution in [3.8, 4) is 0 Å². The minimum absolute atomic E-state index is 0.193. The van der Waals surface area contributed by atoms with Crippen molar-refractivity contribution in [2.75, 3.05) is 6.61 Å². The van der Waals surface area contributed by atoms with Crippen molar-refractivity contribution in [1.29, 1.82) is 0 Å². The molecular formula is C15H13ClN2O3. The Labute approximate surface area is 126 Å². The molecule has 1 amide bonds. The van der Waals surface area contributed by atoms with Gasteiger partial charge in [0.2, 0.25) is 0 Å². The van der Waals surface area contributed by atoms with Crippen LogP contribution in [-0.4, -0.2) is 23.5 Å². The molecule has 1 heterocycles. The summed E-state index contributed by atoms with van der Waals surface area (Å²) in [4.78, 5) is 27.0. The number of aromatic nitrogens is 1. The summed E-state index contributed by atoms with van der Waals surface area (Å²) >= 11 is 5.67. The Morgan fingerprint density at radius 2 is 1.95 bits per heavy atom. The summed E-state index contributed by atoms with van der Waals surface area (Å²) < 4.78 is 4.90. The quantitative estimate of drug-likeness (QED) is 0.679. The molecule has 0 unspecified atom stereocenters. The Morgan fingerprint density at radius 3 is 2.67 bits per heavy atom. The van der Waals surface area contributed by atoms with Crippen molar-refractivity contribution < 1.29 is 14.3 Å². The van der Waals surface area contributed by atoms with E-state index in [0.29, 0.717) is 6.54 Å². The Hall–Kier alpha value is -2.40. The minimum Gasteiger partial charge on any atom is -0.452 e. The fraction of sp³-hybridized carbons (Fsp3) is 0.133. The van der Waals surface area contributed by atoms with Crippen LogP contribution in [0.15, 0.2) is 48.7 Å². The lowest BCUT2D eigenvalue weighted by molar-refractivity contribution is -0.124. The second kappa shape index (κ2) is 7.40. The Morgan fingerprint density at radius 1 is 1.19 bits per heavy atom. The van der Waals surface area contributed by atoms with Crippen molar-refractivity contribution in [2.24, 2.45) is 0 Å². The predicted octanol–water partition coefficient (Wildman–Crippen LogP) is 2.21. The molecule has 0 bridgehead atoms. The molecule has 0 fully saturated rings. The molecule has 0 aliphatic rings. The van der Waals surface area contributed by atoms with E-state index in [1.165, 1.54) is 18.3 Å². The minimum atomic E-state index is -0.617. The number of rotatable bonds is 5. The molecule has 0 atom stereocenters. The highest BCUT2D eigenvalue weighted by Crippen LogP contribution is 2.08. The van der Waals surface area contributed by atoms with Gasteiger partial charge in [0.1, 0.15) is 5.15 Å². The summed E-state index contributed by atoms with van der Waals surface area (Å²) in [6.45, 7) is 0.0456. The Kier molecular flexibility index (Phi) is 5.29. The van der Waals surface area contributed by atoms with Crippen LogP contribution in [0.2, 0.25) is 5.15 Å². The van der Waals surface area contributed by atoms with E-state index >= 15 is 0 Å². The molecule has 108 valence electrons. The predicted molar refractivity (Wildman–Crippen MR) is 77.8 cm³/mol. The number of nitrogens with one attached hydrogen (secondary N) is 1. The molecule has 0 saturated carbocycles. The molecule has 0 aliphatic heterocycles. The lowest BCUT2D eigenvalue weighted by atomic mass is 10.2. The fourth-order valence-electron chi connectivity index (χ4n) is 1.59. The number of carbonyl (C=O) groups excluding carboxylic acids is 2. The van der Waals surface area contributed by atoms with Crippen molar-refractivity contribution in [3.05, 3.63) is 64.9 Å². The molecular weight excluding hydrogens is 292 g/mol. The van der Waals surface area contributed by atoms with Crippen molar-refractivity contribution in [1.82, 2.24) is 10.3 Å². The molecule has 0 saturated heterocycles.